The van der Waals surface area contributed by atoms with Crippen molar-refractivity contribution in [1.29, 1.82) is 0 Å². The first kappa shape index (κ1) is 13.3. The van der Waals surface area contributed by atoms with Crippen LogP contribution in [0.4, 0.5) is 0 Å². The van der Waals surface area contributed by atoms with Crippen molar-refractivity contribution in [1.82, 2.24) is 5.32 Å². The first-order valence-corrected chi connectivity index (χ1v) is 6.13. The van der Waals surface area contributed by atoms with Gasteiger partial charge < -0.3 is 10.1 Å². The lowest BCUT2D eigenvalue weighted by Crippen LogP contribution is -2.34. The molecule has 90 valence electrons. The van der Waals surface area contributed by atoms with Crippen LogP contribution in [0.25, 0.3) is 0 Å². The number of halogens is 1. The second-order valence-corrected chi connectivity index (χ2v) is 4.55. The average molecular weight is 242 g/mol. The normalized spacial score (nSPS) is 12.8. The van der Waals surface area contributed by atoms with Gasteiger partial charge in [0.05, 0.1) is 7.11 Å². The van der Waals surface area contributed by atoms with Crippen molar-refractivity contribution in [2.24, 2.45) is 5.92 Å². The molecule has 1 rings (SSSR count). The molecule has 0 bridgehead atoms. The van der Waals surface area contributed by atoms with Gasteiger partial charge in [-0.25, -0.2) is 0 Å². The zero-order valence-electron chi connectivity index (χ0n) is 10.2. The monoisotopic (exact) mass is 241 g/mol. The minimum absolute atomic E-state index is 0.355. The molecule has 0 radical (unpaired) electrons. The van der Waals surface area contributed by atoms with Crippen LogP contribution in [0.2, 0.25) is 0 Å². The smallest absolute Gasteiger partial charge is 0.119 e. The van der Waals surface area contributed by atoms with E-state index in [1.165, 1.54) is 5.56 Å². The van der Waals surface area contributed by atoms with E-state index in [0.29, 0.717) is 17.8 Å². The summed E-state index contributed by atoms with van der Waals surface area (Å²) < 4.78 is 5.18. The fraction of sp³-hybridized carbons (Fsp3) is 0.538. The number of benzene rings is 1. The van der Waals surface area contributed by atoms with E-state index in [9.17, 15) is 0 Å². The van der Waals surface area contributed by atoms with Crippen molar-refractivity contribution in [3.8, 4) is 5.75 Å². The average Bonchev–Trinajstić information content (AvgIpc) is 2.29. The molecule has 1 N–H and O–H groups in total. The molecule has 0 aliphatic rings. The number of alkyl halides is 1. The Kier molecular flexibility index (Phi) is 5.64. The summed E-state index contributed by atoms with van der Waals surface area (Å²) in [5.41, 5.74) is 1.22. The fourth-order valence-electron chi connectivity index (χ4n) is 1.50. The second-order valence-electron chi connectivity index (χ2n) is 4.24. The third-order valence-electron chi connectivity index (χ3n) is 2.67. The van der Waals surface area contributed by atoms with Crippen LogP contribution in [0, 0.1) is 5.92 Å². The maximum absolute atomic E-state index is 5.90. The van der Waals surface area contributed by atoms with E-state index in [-0.39, 0.29) is 0 Å². The topological polar surface area (TPSA) is 21.3 Å². The Morgan fingerprint density at radius 2 is 2.12 bits per heavy atom. The SMILES string of the molecule is COc1cccc(CNC(CCl)C(C)C)c1. The molecule has 16 heavy (non-hydrogen) atoms. The van der Waals surface area contributed by atoms with Crippen LogP contribution in [0.15, 0.2) is 24.3 Å². The molecule has 0 aliphatic heterocycles. The summed E-state index contributed by atoms with van der Waals surface area (Å²) in [5.74, 6) is 2.08. The van der Waals surface area contributed by atoms with Gasteiger partial charge in [-0.1, -0.05) is 26.0 Å². The summed E-state index contributed by atoms with van der Waals surface area (Å²) in [6, 6.07) is 8.43. The van der Waals surface area contributed by atoms with E-state index in [1.54, 1.807) is 7.11 Å². The van der Waals surface area contributed by atoms with Crippen molar-refractivity contribution in [3.63, 3.8) is 0 Å². The maximum Gasteiger partial charge on any atom is 0.119 e. The molecule has 1 atom stereocenters. The summed E-state index contributed by atoms with van der Waals surface area (Å²) >= 11 is 5.90. The lowest BCUT2D eigenvalue weighted by atomic mass is 10.1. The van der Waals surface area contributed by atoms with Gasteiger partial charge in [-0.3, -0.25) is 0 Å². The minimum atomic E-state index is 0.355. The first-order chi connectivity index (χ1) is 7.67. The molecule has 0 heterocycles. The van der Waals surface area contributed by atoms with Gasteiger partial charge in [-0.2, -0.15) is 0 Å². The van der Waals surface area contributed by atoms with Crippen LogP contribution in [0.3, 0.4) is 0 Å². The van der Waals surface area contributed by atoms with Crippen molar-refractivity contribution < 1.29 is 4.74 Å². The van der Waals surface area contributed by atoms with Crippen LogP contribution >= 0.6 is 11.6 Å². The first-order valence-electron chi connectivity index (χ1n) is 5.59. The molecule has 1 aromatic rings. The molecule has 0 amide bonds. The Bertz CT molecular complexity index is 315. The van der Waals surface area contributed by atoms with Gasteiger partial charge in [0.1, 0.15) is 5.75 Å². The van der Waals surface area contributed by atoms with Crippen molar-refractivity contribution in [2.45, 2.75) is 26.4 Å². The Balaban J connectivity index is 2.53. The minimum Gasteiger partial charge on any atom is -0.497 e. The fourth-order valence-corrected chi connectivity index (χ4v) is 1.97. The second kappa shape index (κ2) is 6.77. The molecule has 0 saturated carbocycles. The summed E-state index contributed by atoms with van der Waals surface area (Å²) in [6.07, 6.45) is 0. The standard InChI is InChI=1S/C13H20ClNO/c1-10(2)13(8-14)15-9-11-5-4-6-12(7-11)16-3/h4-7,10,13,15H,8-9H2,1-3H3. The molecule has 0 aromatic heterocycles. The van der Waals surface area contributed by atoms with Gasteiger partial charge in [0.25, 0.3) is 0 Å². The van der Waals surface area contributed by atoms with E-state index < -0.39 is 0 Å². The van der Waals surface area contributed by atoms with Gasteiger partial charge in [-0.05, 0) is 23.6 Å². The molecule has 0 spiro atoms. The Hall–Kier alpha value is -0.730. The summed E-state index contributed by atoms with van der Waals surface area (Å²) in [6.45, 7) is 5.17. The largest absolute Gasteiger partial charge is 0.497 e. The Labute approximate surface area is 103 Å². The van der Waals surface area contributed by atoms with Crippen molar-refractivity contribution in [3.05, 3.63) is 29.8 Å². The van der Waals surface area contributed by atoms with Crippen LogP contribution in [-0.4, -0.2) is 19.0 Å². The lowest BCUT2D eigenvalue weighted by molar-refractivity contribution is 0.411. The van der Waals surface area contributed by atoms with Gasteiger partial charge in [0.2, 0.25) is 0 Å². The van der Waals surface area contributed by atoms with E-state index >= 15 is 0 Å². The third-order valence-corrected chi connectivity index (χ3v) is 3.01. The van der Waals surface area contributed by atoms with Crippen molar-refractivity contribution >= 4 is 11.6 Å². The maximum atomic E-state index is 5.90. The zero-order chi connectivity index (χ0) is 12.0. The van der Waals surface area contributed by atoms with Crippen molar-refractivity contribution in [2.75, 3.05) is 13.0 Å². The number of ether oxygens (including phenoxy) is 1. The third kappa shape index (κ3) is 4.03. The number of hydrogen-bond acceptors (Lipinski definition) is 2. The predicted molar refractivity (Wildman–Crippen MR) is 69.2 cm³/mol. The number of rotatable bonds is 6. The molecular formula is C13H20ClNO. The Morgan fingerprint density at radius 1 is 1.38 bits per heavy atom. The molecular weight excluding hydrogens is 222 g/mol. The van der Waals surface area contributed by atoms with Crippen LogP contribution in [0.5, 0.6) is 5.75 Å². The van der Waals surface area contributed by atoms with Crippen LogP contribution in [0.1, 0.15) is 19.4 Å². The molecule has 2 nitrogen and oxygen atoms in total. The lowest BCUT2D eigenvalue weighted by Gasteiger charge is -2.19. The summed E-state index contributed by atoms with van der Waals surface area (Å²) in [4.78, 5) is 0. The van der Waals surface area contributed by atoms with Gasteiger partial charge >= 0.3 is 0 Å². The molecule has 3 heteroatoms. The van der Waals surface area contributed by atoms with E-state index in [4.69, 9.17) is 16.3 Å². The highest BCUT2D eigenvalue weighted by molar-refractivity contribution is 6.18. The molecule has 1 aromatic carbocycles. The van der Waals surface area contributed by atoms with Gasteiger partial charge in [0.15, 0.2) is 0 Å². The van der Waals surface area contributed by atoms with Crippen LogP contribution in [-0.2, 0) is 6.54 Å². The summed E-state index contributed by atoms with van der Waals surface area (Å²) in [5, 5.41) is 3.45. The van der Waals surface area contributed by atoms with E-state index in [0.717, 1.165) is 12.3 Å². The quantitative estimate of drug-likeness (QED) is 0.773. The highest BCUT2D eigenvalue weighted by Crippen LogP contribution is 2.13. The highest BCUT2D eigenvalue weighted by atomic mass is 35.5. The highest BCUT2D eigenvalue weighted by Gasteiger charge is 2.10. The van der Waals surface area contributed by atoms with E-state index in [1.807, 2.05) is 18.2 Å². The molecule has 0 fully saturated rings. The molecule has 0 saturated heterocycles. The molecule has 1 unspecified atom stereocenters. The van der Waals surface area contributed by atoms with Gasteiger partial charge in [-0.15, -0.1) is 11.6 Å². The van der Waals surface area contributed by atoms with Gasteiger partial charge in [0, 0.05) is 18.5 Å². The summed E-state index contributed by atoms with van der Waals surface area (Å²) in [7, 11) is 1.68. The zero-order valence-corrected chi connectivity index (χ0v) is 10.9. The van der Waals surface area contributed by atoms with Crippen LogP contribution < -0.4 is 10.1 Å². The Morgan fingerprint density at radius 3 is 2.69 bits per heavy atom. The van der Waals surface area contributed by atoms with E-state index in [2.05, 4.69) is 25.2 Å². The number of hydrogen-bond donors (Lipinski definition) is 1. The number of nitrogens with one attached hydrogen (secondary N) is 1. The molecule has 0 aliphatic carbocycles. The predicted octanol–water partition coefficient (Wildman–Crippen LogP) is 3.05. The number of methoxy groups -OCH3 is 1.